The van der Waals surface area contributed by atoms with Crippen LogP contribution in [0.15, 0.2) is 18.3 Å². The zero-order chi connectivity index (χ0) is 13.7. The average Bonchev–Trinajstić information content (AvgIpc) is 2.46. The Morgan fingerprint density at radius 3 is 2.68 bits per heavy atom. The van der Waals surface area contributed by atoms with E-state index in [2.05, 4.69) is 26.2 Å². The topological polar surface area (TPSA) is 42.0 Å². The molecule has 104 valence electrons. The van der Waals surface area contributed by atoms with Gasteiger partial charge in [0.2, 0.25) is 0 Å². The highest BCUT2D eigenvalue weighted by Gasteiger charge is 2.31. The Morgan fingerprint density at radius 1 is 1.37 bits per heavy atom. The van der Waals surface area contributed by atoms with Gasteiger partial charge in [-0.1, -0.05) is 35.2 Å². The van der Waals surface area contributed by atoms with E-state index in [-0.39, 0.29) is 11.3 Å². The molecule has 1 fully saturated rings. The van der Waals surface area contributed by atoms with E-state index in [1.807, 2.05) is 19.1 Å². The van der Waals surface area contributed by atoms with Gasteiger partial charge in [-0.25, -0.2) is 0 Å². The lowest BCUT2D eigenvalue weighted by molar-refractivity contribution is 0.0921. The molecule has 0 aliphatic heterocycles. The molecule has 0 spiro atoms. The molecule has 1 heterocycles. The Balaban J connectivity index is 1.93. The normalized spacial score (nSPS) is 18.0. The second-order valence-electron chi connectivity index (χ2n) is 5.57. The second kappa shape index (κ2) is 6.51. The van der Waals surface area contributed by atoms with Gasteiger partial charge in [-0.05, 0) is 37.3 Å². The molecule has 0 aromatic carbocycles. The molecule has 0 bridgehead atoms. The molecule has 1 aliphatic carbocycles. The van der Waals surface area contributed by atoms with Crippen LogP contribution in [-0.2, 0) is 0 Å². The van der Waals surface area contributed by atoms with Crippen LogP contribution in [0, 0.1) is 12.3 Å². The van der Waals surface area contributed by atoms with Crippen LogP contribution < -0.4 is 5.32 Å². The van der Waals surface area contributed by atoms with Gasteiger partial charge < -0.3 is 5.32 Å². The molecular weight excluding hydrogens is 304 g/mol. The highest BCUT2D eigenvalue weighted by Crippen LogP contribution is 2.37. The number of aromatic nitrogens is 1. The first-order chi connectivity index (χ1) is 9.15. The van der Waals surface area contributed by atoms with Crippen LogP contribution in [0.3, 0.4) is 0 Å². The van der Waals surface area contributed by atoms with Crippen LogP contribution in [0.4, 0.5) is 0 Å². The third-order valence-electron chi connectivity index (χ3n) is 4.00. The molecule has 19 heavy (non-hydrogen) atoms. The standard InChI is InChI=1S/C15H21BrN2O/c1-12-5-6-13(9-17-12)14(19)18-11-15(10-16)7-3-2-4-8-15/h5-6,9H,2-4,7-8,10-11H2,1H3,(H,18,19). The molecule has 0 saturated heterocycles. The fourth-order valence-electron chi connectivity index (χ4n) is 2.63. The van der Waals surface area contributed by atoms with Crippen LogP contribution in [0.5, 0.6) is 0 Å². The van der Waals surface area contributed by atoms with Crippen molar-refractivity contribution in [2.24, 2.45) is 5.41 Å². The van der Waals surface area contributed by atoms with E-state index in [4.69, 9.17) is 0 Å². The van der Waals surface area contributed by atoms with Gasteiger partial charge in [0.05, 0.1) is 5.56 Å². The smallest absolute Gasteiger partial charge is 0.252 e. The molecule has 1 aromatic heterocycles. The molecule has 0 unspecified atom stereocenters. The maximum atomic E-state index is 12.1. The van der Waals surface area contributed by atoms with E-state index < -0.39 is 0 Å². The van der Waals surface area contributed by atoms with Crippen LogP contribution in [0.2, 0.25) is 0 Å². The first kappa shape index (κ1) is 14.5. The Hall–Kier alpha value is -0.900. The minimum Gasteiger partial charge on any atom is -0.351 e. The van der Waals surface area contributed by atoms with E-state index in [0.717, 1.165) is 17.6 Å². The first-order valence-electron chi connectivity index (χ1n) is 6.92. The highest BCUT2D eigenvalue weighted by atomic mass is 79.9. The zero-order valence-electron chi connectivity index (χ0n) is 11.4. The van der Waals surface area contributed by atoms with Gasteiger partial charge in [0.1, 0.15) is 0 Å². The predicted molar refractivity (Wildman–Crippen MR) is 80.6 cm³/mol. The van der Waals surface area contributed by atoms with Crippen molar-refractivity contribution < 1.29 is 4.79 Å². The molecule has 3 nitrogen and oxygen atoms in total. The number of nitrogens with zero attached hydrogens (tertiary/aromatic N) is 1. The number of nitrogens with one attached hydrogen (secondary N) is 1. The predicted octanol–water partition coefficient (Wildman–Crippen LogP) is 3.47. The molecular formula is C15H21BrN2O. The number of hydrogen-bond donors (Lipinski definition) is 1. The fraction of sp³-hybridized carbons (Fsp3) is 0.600. The highest BCUT2D eigenvalue weighted by molar-refractivity contribution is 9.09. The summed E-state index contributed by atoms with van der Waals surface area (Å²) in [6, 6.07) is 3.70. The number of carbonyl (C=O) groups is 1. The molecule has 1 aliphatic rings. The van der Waals surface area contributed by atoms with E-state index in [1.54, 1.807) is 6.20 Å². The molecule has 0 radical (unpaired) electrons. The monoisotopic (exact) mass is 324 g/mol. The van der Waals surface area contributed by atoms with Gasteiger partial charge in [-0.15, -0.1) is 0 Å². The molecule has 2 rings (SSSR count). The van der Waals surface area contributed by atoms with Crippen molar-refractivity contribution in [2.75, 3.05) is 11.9 Å². The Labute approximate surface area is 123 Å². The molecule has 1 amide bonds. The summed E-state index contributed by atoms with van der Waals surface area (Å²) in [5, 5.41) is 4.04. The lowest BCUT2D eigenvalue weighted by Crippen LogP contribution is -2.40. The van der Waals surface area contributed by atoms with E-state index in [1.165, 1.54) is 32.1 Å². The van der Waals surface area contributed by atoms with Gasteiger partial charge in [0.25, 0.3) is 5.91 Å². The van der Waals surface area contributed by atoms with Gasteiger partial charge in [-0.3, -0.25) is 9.78 Å². The quantitative estimate of drug-likeness (QED) is 0.862. The maximum absolute atomic E-state index is 12.1. The summed E-state index contributed by atoms with van der Waals surface area (Å²) < 4.78 is 0. The van der Waals surface area contributed by atoms with E-state index in [9.17, 15) is 4.79 Å². The summed E-state index contributed by atoms with van der Waals surface area (Å²) in [7, 11) is 0. The Morgan fingerprint density at radius 2 is 2.11 bits per heavy atom. The summed E-state index contributed by atoms with van der Waals surface area (Å²) >= 11 is 3.62. The number of rotatable bonds is 4. The van der Waals surface area contributed by atoms with Crippen molar-refractivity contribution in [3.8, 4) is 0 Å². The third kappa shape index (κ3) is 3.78. The lowest BCUT2D eigenvalue weighted by Gasteiger charge is -2.35. The molecule has 0 atom stereocenters. The van der Waals surface area contributed by atoms with Crippen molar-refractivity contribution in [3.63, 3.8) is 0 Å². The fourth-order valence-corrected chi connectivity index (χ4v) is 3.39. The molecule has 4 heteroatoms. The number of aryl methyl sites for hydroxylation is 1. The second-order valence-corrected chi connectivity index (χ2v) is 6.13. The largest absolute Gasteiger partial charge is 0.351 e. The summed E-state index contributed by atoms with van der Waals surface area (Å²) in [5.74, 6) is -0.0154. The molecule has 1 aromatic rings. The minimum atomic E-state index is -0.0154. The van der Waals surface area contributed by atoms with Crippen molar-refractivity contribution in [3.05, 3.63) is 29.6 Å². The molecule has 1 saturated carbocycles. The van der Waals surface area contributed by atoms with Crippen LogP contribution in [0.1, 0.15) is 48.2 Å². The van der Waals surface area contributed by atoms with E-state index in [0.29, 0.717) is 5.56 Å². The van der Waals surface area contributed by atoms with Crippen molar-refractivity contribution >= 4 is 21.8 Å². The lowest BCUT2D eigenvalue weighted by atomic mass is 9.75. The van der Waals surface area contributed by atoms with Gasteiger partial charge in [0.15, 0.2) is 0 Å². The number of carbonyl (C=O) groups excluding carboxylic acids is 1. The van der Waals surface area contributed by atoms with Crippen molar-refractivity contribution in [1.29, 1.82) is 0 Å². The number of alkyl halides is 1. The summed E-state index contributed by atoms with van der Waals surface area (Å²) in [6.07, 6.45) is 7.91. The van der Waals surface area contributed by atoms with Crippen LogP contribution in [0.25, 0.3) is 0 Å². The number of halogens is 1. The van der Waals surface area contributed by atoms with Crippen molar-refractivity contribution in [2.45, 2.75) is 39.0 Å². The summed E-state index contributed by atoms with van der Waals surface area (Å²) in [4.78, 5) is 16.3. The summed E-state index contributed by atoms with van der Waals surface area (Å²) in [6.45, 7) is 2.68. The zero-order valence-corrected chi connectivity index (χ0v) is 13.0. The van der Waals surface area contributed by atoms with Gasteiger partial charge >= 0.3 is 0 Å². The van der Waals surface area contributed by atoms with Crippen molar-refractivity contribution in [1.82, 2.24) is 10.3 Å². The van der Waals surface area contributed by atoms with Gasteiger partial charge in [0, 0.05) is 23.8 Å². The number of pyridine rings is 1. The van der Waals surface area contributed by atoms with Gasteiger partial charge in [-0.2, -0.15) is 0 Å². The minimum absolute atomic E-state index is 0.0154. The van der Waals surface area contributed by atoms with Crippen LogP contribution in [-0.4, -0.2) is 22.8 Å². The number of hydrogen-bond acceptors (Lipinski definition) is 2. The first-order valence-corrected chi connectivity index (χ1v) is 8.04. The van der Waals surface area contributed by atoms with E-state index >= 15 is 0 Å². The Bertz CT molecular complexity index is 424. The number of amides is 1. The van der Waals surface area contributed by atoms with Crippen LogP contribution >= 0.6 is 15.9 Å². The maximum Gasteiger partial charge on any atom is 0.252 e. The Kier molecular flexibility index (Phi) is 4.97. The average molecular weight is 325 g/mol. The third-order valence-corrected chi connectivity index (χ3v) is 5.18. The molecule has 1 N–H and O–H groups in total. The summed E-state index contributed by atoms with van der Waals surface area (Å²) in [5.41, 5.74) is 1.82. The SMILES string of the molecule is Cc1ccc(C(=O)NCC2(CBr)CCCCC2)cn1.